The number of nitrogens with one attached hydrogen (secondary N) is 1. The second-order valence-corrected chi connectivity index (χ2v) is 5.70. The summed E-state index contributed by atoms with van der Waals surface area (Å²) in [5.41, 5.74) is 10.4. The number of aliphatic hydroxyl groups is 2. The highest BCUT2D eigenvalue weighted by atomic mass is 16.5. The number of aliphatic carboxylic acids is 1. The molecule has 0 radical (unpaired) electrons. The molecule has 0 saturated carbocycles. The number of hydrogen-bond acceptors (Lipinski definition) is 5. The van der Waals surface area contributed by atoms with Crippen molar-refractivity contribution in [2.24, 2.45) is 16.5 Å². The van der Waals surface area contributed by atoms with Crippen molar-refractivity contribution in [3.8, 4) is 0 Å². The first-order valence-electron chi connectivity index (χ1n) is 8.25. The third-order valence-electron chi connectivity index (χ3n) is 3.47. The number of amides is 1. The molecule has 0 saturated heterocycles. The molecule has 0 aromatic rings. The van der Waals surface area contributed by atoms with Crippen LogP contribution < -0.4 is 16.8 Å². The Kier molecular flexibility index (Phi) is 12.5. The van der Waals surface area contributed by atoms with Gasteiger partial charge in [0.1, 0.15) is 0 Å². The quantitative estimate of drug-likeness (QED) is 0.108. The molecule has 0 spiro atoms. The number of carbonyl (C=O) groups excluding carboxylic acids is 1. The van der Waals surface area contributed by atoms with E-state index in [1.807, 2.05) is 0 Å². The van der Waals surface area contributed by atoms with Crippen LogP contribution in [0.1, 0.15) is 57.8 Å². The van der Waals surface area contributed by atoms with Crippen LogP contribution in [0.5, 0.6) is 0 Å². The third-order valence-corrected chi connectivity index (χ3v) is 3.47. The normalized spacial score (nSPS) is 12.0. The van der Waals surface area contributed by atoms with Crippen molar-refractivity contribution in [3.63, 3.8) is 0 Å². The zero-order valence-corrected chi connectivity index (χ0v) is 14.0. The number of carboxylic acids is 1. The lowest BCUT2D eigenvalue weighted by atomic mass is 10.1. The fourth-order valence-electron chi connectivity index (χ4n) is 2.19. The monoisotopic (exact) mass is 346 g/mol. The predicted octanol–water partition coefficient (Wildman–Crippen LogP) is -0.349. The molecule has 1 amide bonds. The Hall–Kier alpha value is -1.87. The minimum Gasteiger partial charge on any atom is -0.481 e. The van der Waals surface area contributed by atoms with Crippen LogP contribution in [0.2, 0.25) is 0 Å². The number of aliphatic hydroxyl groups excluding tert-OH is 1. The third kappa shape index (κ3) is 13.8. The maximum Gasteiger partial charge on any atom is 0.303 e. The molecular formula is C15H30N4O5. The van der Waals surface area contributed by atoms with Gasteiger partial charge in [-0.25, -0.2) is 0 Å². The highest BCUT2D eigenvalue weighted by molar-refractivity contribution is 5.76. The van der Waals surface area contributed by atoms with Gasteiger partial charge < -0.3 is 32.1 Å². The summed E-state index contributed by atoms with van der Waals surface area (Å²) in [5.74, 6) is -1.05. The predicted molar refractivity (Wildman–Crippen MR) is 90.0 cm³/mol. The Morgan fingerprint density at radius 2 is 1.54 bits per heavy atom. The van der Waals surface area contributed by atoms with Gasteiger partial charge in [-0.15, -0.1) is 0 Å². The van der Waals surface area contributed by atoms with Crippen molar-refractivity contribution in [1.82, 2.24) is 5.32 Å². The van der Waals surface area contributed by atoms with Crippen LogP contribution >= 0.6 is 0 Å². The molecule has 1 atom stereocenters. The largest absolute Gasteiger partial charge is 0.481 e. The lowest BCUT2D eigenvalue weighted by molar-refractivity contribution is -0.137. The van der Waals surface area contributed by atoms with Gasteiger partial charge >= 0.3 is 5.97 Å². The molecule has 1 unspecified atom stereocenters. The molecule has 0 bridgehead atoms. The smallest absolute Gasteiger partial charge is 0.303 e. The van der Waals surface area contributed by atoms with E-state index in [0.29, 0.717) is 38.6 Å². The molecule has 9 heteroatoms. The van der Waals surface area contributed by atoms with Gasteiger partial charge in [0.25, 0.3) is 0 Å². The Morgan fingerprint density at radius 3 is 2.08 bits per heavy atom. The van der Waals surface area contributed by atoms with Gasteiger partial charge in [-0.1, -0.05) is 19.3 Å². The number of hydrogen-bond donors (Lipinski definition) is 6. The summed E-state index contributed by atoms with van der Waals surface area (Å²) < 4.78 is 0. The number of aliphatic imine (C=N–C) groups is 1. The lowest BCUT2D eigenvalue weighted by Gasteiger charge is -2.20. The Labute approximate surface area is 142 Å². The van der Waals surface area contributed by atoms with E-state index >= 15 is 0 Å². The zero-order chi connectivity index (χ0) is 18.4. The molecule has 0 aliphatic heterocycles. The van der Waals surface area contributed by atoms with Crippen molar-refractivity contribution in [2.75, 3.05) is 6.54 Å². The van der Waals surface area contributed by atoms with Crippen molar-refractivity contribution in [2.45, 2.75) is 70.1 Å². The second kappa shape index (κ2) is 13.6. The molecule has 0 aromatic heterocycles. The molecule has 8 N–H and O–H groups in total. The van der Waals surface area contributed by atoms with E-state index in [4.69, 9.17) is 16.6 Å². The second-order valence-electron chi connectivity index (χ2n) is 5.70. The number of carbonyl (C=O) groups is 2. The zero-order valence-electron chi connectivity index (χ0n) is 14.0. The van der Waals surface area contributed by atoms with E-state index in [2.05, 4.69) is 10.3 Å². The summed E-state index contributed by atoms with van der Waals surface area (Å²) in [6.07, 6.45) is 3.60. The van der Waals surface area contributed by atoms with E-state index < -0.39 is 18.3 Å². The first-order chi connectivity index (χ1) is 11.3. The summed E-state index contributed by atoms with van der Waals surface area (Å²) >= 11 is 0. The Balaban J connectivity index is 3.82. The van der Waals surface area contributed by atoms with Crippen molar-refractivity contribution < 1.29 is 24.9 Å². The molecule has 0 aromatic carbocycles. The van der Waals surface area contributed by atoms with Crippen LogP contribution in [-0.2, 0) is 9.59 Å². The first kappa shape index (κ1) is 22.1. The molecule has 0 heterocycles. The number of carboxylic acid groups (broad SMARTS) is 1. The minimum absolute atomic E-state index is 0.0245. The van der Waals surface area contributed by atoms with E-state index in [1.165, 1.54) is 0 Å². The van der Waals surface area contributed by atoms with E-state index in [9.17, 15) is 19.8 Å². The van der Waals surface area contributed by atoms with Gasteiger partial charge in [0.2, 0.25) is 5.91 Å². The molecule has 0 aliphatic rings. The number of unbranched alkanes of at least 4 members (excludes halogenated alkanes) is 4. The van der Waals surface area contributed by atoms with Crippen molar-refractivity contribution in [1.29, 1.82) is 0 Å². The minimum atomic E-state index is -1.64. The summed E-state index contributed by atoms with van der Waals surface area (Å²) in [6.45, 7) is 0.359. The number of rotatable bonds is 14. The highest BCUT2D eigenvalue weighted by Crippen LogP contribution is 2.08. The van der Waals surface area contributed by atoms with Crippen molar-refractivity contribution >= 4 is 17.8 Å². The summed E-state index contributed by atoms with van der Waals surface area (Å²) in [5, 5.41) is 29.7. The van der Waals surface area contributed by atoms with Crippen molar-refractivity contribution in [3.05, 3.63) is 0 Å². The van der Waals surface area contributed by atoms with Gasteiger partial charge in [0.15, 0.2) is 12.2 Å². The Bertz CT molecular complexity index is 397. The fraction of sp³-hybridized carbons (Fsp3) is 0.800. The maximum absolute atomic E-state index is 11.8. The summed E-state index contributed by atoms with van der Waals surface area (Å²) in [7, 11) is 0. The first-order valence-corrected chi connectivity index (χ1v) is 8.25. The lowest BCUT2D eigenvalue weighted by Crippen LogP contribution is -2.43. The van der Waals surface area contributed by atoms with Gasteiger partial charge in [-0.2, -0.15) is 0 Å². The average Bonchev–Trinajstić information content (AvgIpc) is 2.48. The van der Waals surface area contributed by atoms with E-state index in [0.717, 1.165) is 19.3 Å². The number of nitrogens with two attached hydrogens (primary N) is 2. The van der Waals surface area contributed by atoms with Gasteiger partial charge in [0, 0.05) is 19.4 Å². The maximum atomic E-state index is 11.8. The SMILES string of the molecule is NC(N)=NCCCC(NC(=O)CCCCCCCC(=O)O)C(O)O. The molecule has 0 rings (SSSR count). The van der Waals surface area contributed by atoms with Crippen LogP contribution in [0, 0.1) is 0 Å². The summed E-state index contributed by atoms with van der Waals surface area (Å²) in [6, 6.07) is -0.748. The molecule has 140 valence electrons. The molecule has 24 heavy (non-hydrogen) atoms. The molecule has 0 aliphatic carbocycles. The van der Waals surface area contributed by atoms with Crippen LogP contribution in [0.3, 0.4) is 0 Å². The summed E-state index contributed by atoms with van der Waals surface area (Å²) in [4.78, 5) is 25.9. The van der Waals surface area contributed by atoms with Gasteiger partial charge in [0.05, 0.1) is 6.04 Å². The topological polar surface area (TPSA) is 171 Å². The highest BCUT2D eigenvalue weighted by Gasteiger charge is 2.18. The number of nitrogens with zero attached hydrogens (tertiary/aromatic N) is 1. The van der Waals surface area contributed by atoms with Crippen LogP contribution in [-0.4, -0.2) is 52.0 Å². The number of guanidine groups is 1. The molecular weight excluding hydrogens is 316 g/mol. The standard InChI is InChI=1S/C15H30N4O5/c16-15(17)18-10-6-7-11(14(23)24)19-12(20)8-4-2-1-3-5-9-13(21)22/h11,14,23-24H,1-10H2,(H,19,20)(H,21,22)(H4,16,17,18). The van der Waals surface area contributed by atoms with E-state index in [-0.39, 0.29) is 18.3 Å². The van der Waals surface area contributed by atoms with E-state index in [1.54, 1.807) is 0 Å². The fourth-order valence-corrected chi connectivity index (χ4v) is 2.19. The van der Waals surface area contributed by atoms with Crippen LogP contribution in [0.15, 0.2) is 4.99 Å². The molecule has 9 nitrogen and oxygen atoms in total. The van der Waals surface area contributed by atoms with Gasteiger partial charge in [-0.3, -0.25) is 14.6 Å². The Morgan fingerprint density at radius 1 is 0.958 bits per heavy atom. The van der Waals surface area contributed by atoms with Crippen LogP contribution in [0.25, 0.3) is 0 Å². The average molecular weight is 346 g/mol. The van der Waals surface area contributed by atoms with Gasteiger partial charge in [-0.05, 0) is 25.7 Å². The van der Waals surface area contributed by atoms with Crippen LogP contribution in [0.4, 0.5) is 0 Å². The molecule has 0 fully saturated rings.